The number of carbonyl (C=O) groups is 1. The van der Waals surface area contributed by atoms with Gasteiger partial charge in [-0.05, 0) is 55.2 Å². The van der Waals surface area contributed by atoms with Crippen molar-refractivity contribution < 1.29 is 23.7 Å². The number of nitrogens with one attached hydrogen (secondary N) is 1. The Kier molecular flexibility index (Phi) is 10.0. The Labute approximate surface area is 221 Å². The van der Waals surface area contributed by atoms with Crippen molar-refractivity contribution in [3.63, 3.8) is 0 Å². The van der Waals surface area contributed by atoms with Gasteiger partial charge in [0.25, 0.3) is 5.91 Å². The minimum absolute atomic E-state index is 0.285. The lowest BCUT2D eigenvalue weighted by molar-refractivity contribution is -0.112. The van der Waals surface area contributed by atoms with Gasteiger partial charge in [-0.2, -0.15) is 0 Å². The van der Waals surface area contributed by atoms with Crippen molar-refractivity contribution in [2.45, 2.75) is 27.2 Å². The van der Waals surface area contributed by atoms with Gasteiger partial charge in [-0.1, -0.05) is 36.5 Å². The van der Waals surface area contributed by atoms with Crippen LogP contribution in [0.4, 0.5) is 5.13 Å². The first-order chi connectivity index (χ1) is 17.9. The van der Waals surface area contributed by atoms with E-state index in [1.165, 1.54) is 17.6 Å². The van der Waals surface area contributed by atoms with Gasteiger partial charge in [0.05, 0.1) is 19.8 Å². The highest BCUT2D eigenvalue weighted by Gasteiger charge is 2.16. The van der Waals surface area contributed by atoms with Crippen molar-refractivity contribution in [1.82, 2.24) is 10.2 Å². The molecule has 0 saturated carbocycles. The van der Waals surface area contributed by atoms with Crippen LogP contribution in [0.15, 0.2) is 40.9 Å². The fourth-order valence-corrected chi connectivity index (χ4v) is 4.21. The number of anilines is 1. The molecule has 1 aromatic heterocycles. The van der Waals surface area contributed by atoms with Gasteiger partial charge >= 0.3 is 0 Å². The predicted octanol–water partition coefficient (Wildman–Crippen LogP) is 4.92. The molecule has 0 radical (unpaired) electrons. The Balaban J connectivity index is 1.77. The summed E-state index contributed by atoms with van der Waals surface area (Å²) in [6.45, 7) is 6.63. The number of aliphatic imine (C=N–C) groups is 1. The molecule has 0 saturated heterocycles. The van der Waals surface area contributed by atoms with E-state index in [1.807, 2.05) is 39.0 Å². The van der Waals surface area contributed by atoms with Gasteiger partial charge in [0.1, 0.15) is 24.0 Å². The SMILES string of the molecule is CCc1nnc(NC(=O)/C(C=NC)=C\c2cc(OC)c(OCCOc3c(C)cccc3C)c(OC)c2)s1. The summed E-state index contributed by atoms with van der Waals surface area (Å²) in [5.41, 5.74) is 3.14. The number of amides is 1. The molecule has 0 bridgehead atoms. The third-order valence-electron chi connectivity index (χ3n) is 5.31. The second kappa shape index (κ2) is 13.4. The number of nitrogens with zero attached hydrogens (tertiary/aromatic N) is 3. The van der Waals surface area contributed by atoms with Crippen LogP contribution in [0.1, 0.15) is 28.6 Å². The highest BCUT2D eigenvalue weighted by Crippen LogP contribution is 2.39. The highest BCUT2D eigenvalue weighted by molar-refractivity contribution is 7.15. The van der Waals surface area contributed by atoms with Gasteiger partial charge in [0.15, 0.2) is 11.5 Å². The van der Waals surface area contributed by atoms with Crippen LogP contribution in [0.5, 0.6) is 23.0 Å². The first-order valence-electron chi connectivity index (χ1n) is 11.8. The lowest BCUT2D eigenvalue weighted by atomic mass is 10.1. The quantitative estimate of drug-likeness (QED) is 0.204. The summed E-state index contributed by atoms with van der Waals surface area (Å²) >= 11 is 1.33. The zero-order valence-corrected chi connectivity index (χ0v) is 22.8. The van der Waals surface area contributed by atoms with Gasteiger partial charge in [0, 0.05) is 13.3 Å². The van der Waals surface area contributed by atoms with Crippen LogP contribution in [0.2, 0.25) is 0 Å². The van der Waals surface area contributed by atoms with Crippen molar-refractivity contribution in [2.75, 3.05) is 39.8 Å². The van der Waals surface area contributed by atoms with E-state index in [0.29, 0.717) is 40.1 Å². The predicted molar refractivity (Wildman–Crippen MR) is 147 cm³/mol. The molecular formula is C27H32N4O5S. The molecule has 3 rings (SSSR count). The third-order valence-corrected chi connectivity index (χ3v) is 6.29. The third kappa shape index (κ3) is 7.29. The lowest BCUT2D eigenvalue weighted by Crippen LogP contribution is -2.15. The van der Waals surface area contributed by atoms with Crippen molar-refractivity contribution in [3.8, 4) is 23.0 Å². The molecule has 3 aromatic rings. The maximum absolute atomic E-state index is 12.9. The van der Waals surface area contributed by atoms with Crippen molar-refractivity contribution in [1.29, 1.82) is 0 Å². The smallest absolute Gasteiger partial charge is 0.259 e. The number of benzene rings is 2. The molecule has 1 heterocycles. The monoisotopic (exact) mass is 524 g/mol. The summed E-state index contributed by atoms with van der Waals surface area (Å²) < 4.78 is 23.1. The van der Waals surface area contributed by atoms with E-state index in [4.69, 9.17) is 18.9 Å². The second-order valence-electron chi connectivity index (χ2n) is 7.97. The van der Waals surface area contributed by atoms with Gasteiger partial charge in [0.2, 0.25) is 10.9 Å². The van der Waals surface area contributed by atoms with Gasteiger partial charge < -0.3 is 18.9 Å². The first-order valence-corrected chi connectivity index (χ1v) is 12.6. The summed E-state index contributed by atoms with van der Waals surface area (Å²) in [6.07, 6.45) is 3.91. The zero-order chi connectivity index (χ0) is 26.8. The number of rotatable bonds is 12. The number of ether oxygens (including phenoxy) is 4. The Hall–Kier alpha value is -3.92. The summed E-state index contributed by atoms with van der Waals surface area (Å²) in [5.74, 6) is 1.87. The van der Waals surface area contributed by atoms with E-state index >= 15 is 0 Å². The molecule has 1 N–H and O–H groups in total. The van der Waals surface area contributed by atoms with Crippen LogP contribution < -0.4 is 24.3 Å². The molecular weight excluding hydrogens is 492 g/mol. The molecule has 10 heteroatoms. The Morgan fingerprint density at radius 3 is 2.19 bits per heavy atom. The lowest BCUT2D eigenvalue weighted by Gasteiger charge is -2.17. The Bertz CT molecular complexity index is 1240. The van der Waals surface area contributed by atoms with Crippen LogP contribution in [0.3, 0.4) is 0 Å². The van der Waals surface area contributed by atoms with E-state index < -0.39 is 0 Å². The summed E-state index contributed by atoms with van der Waals surface area (Å²) in [4.78, 5) is 16.9. The van der Waals surface area contributed by atoms with E-state index in [1.54, 1.807) is 39.5 Å². The van der Waals surface area contributed by atoms with E-state index in [2.05, 4.69) is 20.5 Å². The topological polar surface area (TPSA) is 104 Å². The number of methoxy groups -OCH3 is 2. The molecule has 37 heavy (non-hydrogen) atoms. The van der Waals surface area contributed by atoms with E-state index in [9.17, 15) is 4.79 Å². The van der Waals surface area contributed by atoms with Crippen LogP contribution in [0.25, 0.3) is 6.08 Å². The summed E-state index contributed by atoms with van der Waals surface area (Å²) in [5, 5.41) is 12.1. The normalized spacial score (nSPS) is 11.5. The molecule has 0 atom stereocenters. The average molecular weight is 525 g/mol. The van der Waals surface area contributed by atoms with Gasteiger partial charge in [-0.3, -0.25) is 15.1 Å². The van der Waals surface area contributed by atoms with Crippen LogP contribution in [0, 0.1) is 13.8 Å². The summed E-state index contributed by atoms with van der Waals surface area (Å²) in [7, 11) is 4.69. The zero-order valence-electron chi connectivity index (χ0n) is 22.0. The van der Waals surface area contributed by atoms with E-state index in [0.717, 1.165) is 28.3 Å². The number of aryl methyl sites for hydroxylation is 3. The first kappa shape index (κ1) is 27.7. The van der Waals surface area contributed by atoms with E-state index in [-0.39, 0.29) is 12.5 Å². The van der Waals surface area contributed by atoms with Crippen LogP contribution in [-0.4, -0.2) is 56.8 Å². The van der Waals surface area contributed by atoms with Crippen LogP contribution in [-0.2, 0) is 11.2 Å². The van der Waals surface area contributed by atoms with Crippen molar-refractivity contribution in [3.05, 3.63) is 57.6 Å². The fourth-order valence-electron chi connectivity index (χ4n) is 3.54. The number of hydrogen-bond donors (Lipinski definition) is 1. The minimum atomic E-state index is -0.355. The molecule has 9 nitrogen and oxygen atoms in total. The molecule has 0 aliphatic carbocycles. The average Bonchev–Trinajstić information content (AvgIpc) is 3.35. The molecule has 0 spiro atoms. The Morgan fingerprint density at radius 1 is 1.03 bits per heavy atom. The molecule has 2 aromatic carbocycles. The molecule has 0 aliphatic rings. The number of para-hydroxylation sites is 1. The molecule has 1 amide bonds. The van der Waals surface area contributed by atoms with Crippen molar-refractivity contribution in [2.24, 2.45) is 4.99 Å². The fraction of sp³-hybridized carbons (Fsp3) is 0.333. The molecule has 0 aliphatic heterocycles. The highest BCUT2D eigenvalue weighted by atomic mass is 32.1. The summed E-state index contributed by atoms with van der Waals surface area (Å²) in [6, 6.07) is 9.55. The maximum atomic E-state index is 12.9. The number of hydrogen-bond acceptors (Lipinski definition) is 9. The standard InChI is InChI=1S/C27H32N4O5S/c1-7-23-30-31-27(37-23)29-26(32)20(16-28-4)13-19-14-21(33-5)25(22(15-19)34-6)36-12-11-35-24-17(2)9-8-10-18(24)3/h8-10,13-16H,7,11-12H2,1-6H3,(H,29,31,32)/b20-13-,28-16?. The molecule has 0 unspecified atom stereocenters. The second-order valence-corrected chi connectivity index (χ2v) is 9.03. The maximum Gasteiger partial charge on any atom is 0.259 e. The molecule has 0 fully saturated rings. The largest absolute Gasteiger partial charge is 0.493 e. The minimum Gasteiger partial charge on any atom is -0.493 e. The number of aromatic nitrogens is 2. The number of carbonyl (C=O) groups excluding carboxylic acids is 1. The van der Waals surface area contributed by atoms with Crippen molar-refractivity contribution >= 4 is 34.7 Å². The van der Waals surface area contributed by atoms with Crippen LogP contribution >= 0.6 is 11.3 Å². The van der Waals surface area contributed by atoms with Gasteiger partial charge in [-0.15, -0.1) is 10.2 Å². The Morgan fingerprint density at radius 2 is 1.65 bits per heavy atom. The van der Waals surface area contributed by atoms with Gasteiger partial charge in [-0.25, -0.2) is 0 Å². The molecule has 196 valence electrons.